The lowest BCUT2D eigenvalue weighted by Crippen LogP contribution is -2.40. The van der Waals surface area contributed by atoms with Crippen molar-refractivity contribution < 1.29 is 4.79 Å². The van der Waals surface area contributed by atoms with Crippen LogP contribution in [0.25, 0.3) is 0 Å². The second-order valence-corrected chi connectivity index (χ2v) is 6.49. The van der Waals surface area contributed by atoms with Crippen molar-refractivity contribution in [3.8, 4) is 0 Å². The zero-order valence-corrected chi connectivity index (χ0v) is 13.4. The monoisotopic (exact) mass is 304 g/mol. The van der Waals surface area contributed by atoms with E-state index < -0.39 is 0 Å². The molecule has 0 aliphatic carbocycles. The van der Waals surface area contributed by atoms with E-state index in [1.807, 2.05) is 30.4 Å². The molecule has 0 aromatic carbocycles. The summed E-state index contributed by atoms with van der Waals surface area (Å²) in [6, 6.07) is 4.31. The maximum atomic E-state index is 11.7. The molecule has 1 aromatic rings. The summed E-state index contributed by atoms with van der Waals surface area (Å²) in [5.41, 5.74) is 0. The number of nitrogens with one attached hydrogen (secondary N) is 1. The lowest BCUT2D eigenvalue weighted by molar-refractivity contribution is -0.116. The van der Waals surface area contributed by atoms with Crippen molar-refractivity contribution in [3.05, 3.63) is 46.7 Å². The lowest BCUT2D eigenvalue weighted by Gasteiger charge is -2.32. The van der Waals surface area contributed by atoms with Gasteiger partial charge >= 0.3 is 0 Å². The van der Waals surface area contributed by atoms with Gasteiger partial charge in [0.25, 0.3) is 0 Å². The highest BCUT2D eigenvalue weighted by Gasteiger charge is 2.20. The summed E-state index contributed by atoms with van der Waals surface area (Å²) in [6.07, 6.45) is 9.57. The number of carbonyl (C=O) groups is 1. The Balaban J connectivity index is 1.72. The Morgan fingerprint density at radius 2 is 2.43 bits per heavy atom. The third-order valence-electron chi connectivity index (χ3n) is 3.68. The van der Waals surface area contributed by atoms with Gasteiger partial charge in [-0.2, -0.15) is 0 Å². The summed E-state index contributed by atoms with van der Waals surface area (Å²) in [5.74, 6) is 0.571. The van der Waals surface area contributed by atoms with Gasteiger partial charge in [0.15, 0.2) is 0 Å². The summed E-state index contributed by atoms with van der Waals surface area (Å²) in [4.78, 5) is 15.6. The minimum Gasteiger partial charge on any atom is -0.352 e. The van der Waals surface area contributed by atoms with Gasteiger partial charge in [0.2, 0.25) is 5.91 Å². The largest absolute Gasteiger partial charge is 0.352 e. The molecule has 0 unspecified atom stereocenters. The molecule has 4 heteroatoms. The highest BCUT2D eigenvalue weighted by molar-refractivity contribution is 7.09. The number of hydrogen-bond acceptors (Lipinski definition) is 3. The second-order valence-electron chi connectivity index (χ2n) is 5.45. The van der Waals surface area contributed by atoms with Crippen molar-refractivity contribution in [2.45, 2.75) is 26.3 Å². The van der Waals surface area contributed by atoms with Crippen LogP contribution in [-0.2, 0) is 11.3 Å². The van der Waals surface area contributed by atoms with E-state index in [0.29, 0.717) is 5.92 Å². The molecule has 1 fully saturated rings. The molecule has 114 valence electrons. The molecule has 0 radical (unpaired) electrons. The van der Waals surface area contributed by atoms with Gasteiger partial charge < -0.3 is 5.32 Å². The number of rotatable bonds is 6. The van der Waals surface area contributed by atoms with E-state index in [1.54, 1.807) is 12.2 Å². The predicted octanol–water partition coefficient (Wildman–Crippen LogP) is 3.21. The van der Waals surface area contributed by atoms with Gasteiger partial charge in [-0.25, -0.2) is 0 Å². The van der Waals surface area contributed by atoms with Gasteiger partial charge in [0.05, 0.1) is 0 Å². The van der Waals surface area contributed by atoms with Crippen molar-refractivity contribution >= 4 is 17.2 Å². The minimum atomic E-state index is 0.00322. The first-order valence-corrected chi connectivity index (χ1v) is 8.48. The molecule has 0 bridgehead atoms. The first kappa shape index (κ1) is 16.0. The van der Waals surface area contributed by atoms with Crippen molar-refractivity contribution in [3.63, 3.8) is 0 Å². The molecule has 1 aliphatic rings. The molecule has 1 saturated heterocycles. The molecular weight excluding hydrogens is 280 g/mol. The van der Waals surface area contributed by atoms with E-state index in [1.165, 1.54) is 24.3 Å². The smallest absolute Gasteiger partial charge is 0.243 e. The van der Waals surface area contributed by atoms with Crippen molar-refractivity contribution in [1.82, 2.24) is 10.2 Å². The van der Waals surface area contributed by atoms with Crippen molar-refractivity contribution in [2.24, 2.45) is 5.92 Å². The molecule has 1 aromatic heterocycles. The summed E-state index contributed by atoms with van der Waals surface area (Å²) < 4.78 is 0. The molecule has 2 heterocycles. The average molecular weight is 304 g/mol. The van der Waals surface area contributed by atoms with Crippen LogP contribution in [0, 0.1) is 5.92 Å². The molecule has 21 heavy (non-hydrogen) atoms. The molecule has 0 spiro atoms. The highest BCUT2D eigenvalue weighted by Crippen LogP contribution is 2.19. The molecule has 3 nitrogen and oxygen atoms in total. The minimum absolute atomic E-state index is 0.00322. The van der Waals surface area contributed by atoms with Crippen LogP contribution in [0.2, 0.25) is 0 Å². The Hall–Kier alpha value is -1.39. The number of allylic oxidation sites excluding steroid dienone is 3. The SMILES string of the molecule is C/C=C/C=C\C(=O)NC[C@@H]1CCCN(Cc2cccs2)C1. The van der Waals surface area contributed by atoms with Gasteiger partial charge in [-0.1, -0.05) is 24.3 Å². The van der Waals surface area contributed by atoms with Crippen LogP contribution in [0.5, 0.6) is 0 Å². The van der Waals surface area contributed by atoms with Crippen molar-refractivity contribution in [2.75, 3.05) is 19.6 Å². The molecule has 1 N–H and O–H groups in total. The van der Waals surface area contributed by atoms with E-state index in [4.69, 9.17) is 0 Å². The van der Waals surface area contributed by atoms with Gasteiger partial charge in [0.1, 0.15) is 0 Å². The number of carbonyl (C=O) groups excluding carboxylic acids is 1. The number of hydrogen-bond donors (Lipinski definition) is 1. The van der Waals surface area contributed by atoms with Crippen LogP contribution in [0.3, 0.4) is 0 Å². The Labute approximate surface area is 131 Å². The van der Waals surface area contributed by atoms with Crippen LogP contribution >= 0.6 is 11.3 Å². The van der Waals surface area contributed by atoms with Gasteiger partial charge in [-0.15, -0.1) is 11.3 Å². The third kappa shape index (κ3) is 5.86. The molecule has 0 saturated carbocycles. The predicted molar refractivity (Wildman–Crippen MR) is 89.3 cm³/mol. The Morgan fingerprint density at radius 1 is 1.52 bits per heavy atom. The fourth-order valence-corrected chi connectivity index (χ4v) is 3.39. The topological polar surface area (TPSA) is 32.3 Å². The summed E-state index contributed by atoms with van der Waals surface area (Å²) >= 11 is 1.82. The van der Waals surface area contributed by atoms with E-state index in [2.05, 4.69) is 27.7 Å². The average Bonchev–Trinajstić information content (AvgIpc) is 2.99. The van der Waals surface area contributed by atoms with Crippen LogP contribution < -0.4 is 5.32 Å². The fourth-order valence-electron chi connectivity index (χ4n) is 2.64. The quantitative estimate of drug-likeness (QED) is 0.646. The first-order chi connectivity index (χ1) is 10.3. The normalized spacial score (nSPS) is 20.3. The van der Waals surface area contributed by atoms with Crippen LogP contribution in [0.15, 0.2) is 41.8 Å². The van der Waals surface area contributed by atoms with Crippen LogP contribution in [-0.4, -0.2) is 30.4 Å². The van der Waals surface area contributed by atoms with Crippen LogP contribution in [0.4, 0.5) is 0 Å². The number of nitrogens with zero attached hydrogens (tertiary/aromatic N) is 1. The Kier molecular flexibility index (Phi) is 6.70. The lowest BCUT2D eigenvalue weighted by atomic mass is 9.98. The molecule has 1 aliphatic heterocycles. The summed E-state index contributed by atoms with van der Waals surface area (Å²) in [5, 5.41) is 5.14. The van der Waals surface area contributed by atoms with E-state index in [0.717, 1.165) is 19.6 Å². The molecular formula is C17H24N2OS. The third-order valence-corrected chi connectivity index (χ3v) is 4.54. The maximum Gasteiger partial charge on any atom is 0.243 e. The number of piperidine rings is 1. The zero-order chi connectivity index (χ0) is 14.9. The van der Waals surface area contributed by atoms with Crippen molar-refractivity contribution in [1.29, 1.82) is 0 Å². The second kappa shape index (κ2) is 8.80. The number of thiophene rings is 1. The van der Waals surface area contributed by atoms with E-state index in [9.17, 15) is 4.79 Å². The Bertz CT molecular complexity index is 479. The van der Waals surface area contributed by atoms with Crippen LogP contribution in [0.1, 0.15) is 24.6 Å². The number of likely N-dealkylation sites (tertiary alicyclic amines) is 1. The summed E-state index contributed by atoms with van der Waals surface area (Å²) in [6.45, 7) is 6.01. The molecule has 1 atom stereocenters. The first-order valence-electron chi connectivity index (χ1n) is 7.60. The highest BCUT2D eigenvalue weighted by atomic mass is 32.1. The van der Waals surface area contributed by atoms with Gasteiger partial charge in [-0.05, 0) is 43.7 Å². The van der Waals surface area contributed by atoms with E-state index >= 15 is 0 Å². The molecule has 1 amide bonds. The fraction of sp³-hybridized carbons (Fsp3) is 0.471. The summed E-state index contributed by atoms with van der Waals surface area (Å²) in [7, 11) is 0. The Morgan fingerprint density at radius 3 is 3.19 bits per heavy atom. The number of amides is 1. The van der Waals surface area contributed by atoms with Gasteiger partial charge in [-0.3, -0.25) is 9.69 Å². The van der Waals surface area contributed by atoms with Gasteiger partial charge in [0, 0.05) is 30.6 Å². The molecule has 2 rings (SSSR count). The maximum absolute atomic E-state index is 11.7. The standard InChI is InChI=1S/C17H24N2OS/c1-2-3-4-9-17(20)18-12-15-7-5-10-19(13-15)14-16-8-6-11-21-16/h2-4,6,8-9,11,15H,5,7,10,12-14H2,1H3,(H,18,20)/b3-2+,9-4-/t15-/m0/s1. The zero-order valence-electron chi connectivity index (χ0n) is 12.6. The van der Waals surface area contributed by atoms with E-state index in [-0.39, 0.29) is 5.91 Å².